The van der Waals surface area contributed by atoms with Gasteiger partial charge in [0.2, 0.25) is 0 Å². The first-order chi connectivity index (χ1) is 16.8. The van der Waals surface area contributed by atoms with Crippen LogP contribution < -0.4 is 0 Å². The maximum atomic E-state index is 12.4. The summed E-state index contributed by atoms with van der Waals surface area (Å²) in [5, 5.41) is 12.7. The van der Waals surface area contributed by atoms with Crippen molar-refractivity contribution in [3.8, 4) is 11.3 Å². The van der Waals surface area contributed by atoms with E-state index in [1.165, 1.54) is 16.3 Å². The fraction of sp³-hybridized carbons (Fsp3) is 0.455. The SMILES string of the molecule is CC(C)(C)c1ccc2cc(-c3[c-]cccc3)ncc2c1.CC1(C)CCC2CCC(C)(C)C(O)=C2C1=O.[Ir]. The largest absolute Gasteiger partial charge is 0.511 e. The quantitative estimate of drug-likeness (QED) is 0.263. The zero-order valence-corrected chi connectivity index (χ0v) is 25.6. The third-order valence-electron chi connectivity index (χ3n) is 7.97. The van der Waals surface area contributed by atoms with Gasteiger partial charge in [-0.15, -0.1) is 35.9 Å². The third kappa shape index (κ3) is 6.24. The molecule has 2 aliphatic rings. The summed E-state index contributed by atoms with van der Waals surface area (Å²) in [6.07, 6.45) is 6.00. The molecule has 1 atom stereocenters. The van der Waals surface area contributed by atoms with Crippen molar-refractivity contribution >= 4 is 16.6 Å². The Morgan fingerprint density at radius 3 is 2.24 bits per heavy atom. The first kappa shape index (κ1) is 29.3. The molecule has 2 aliphatic carbocycles. The molecule has 5 rings (SSSR count). The van der Waals surface area contributed by atoms with Gasteiger partial charge in [-0.25, -0.2) is 0 Å². The first-order valence-electron chi connectivity index (χ1n) is 13.2. The minimum absolute atomic E-state index is 0. The molecule has 1 N–H and O–H groups in total. The molecule has 37 heavy (non-hydrogen) atoms. The van der Waals surface area contributed by atoms with Gasteiger partial charge in [0.1, 0.15) is 5.76 Å². The van der Waals surface area contributed by atoms with Gasteiger partial charge in [0.05, 0.1) is 0 Å². The van der Waals surface area contributed by atoms with Crippen LogP contribution in [0.25, 0.3) is 22.0 Å². The van der Waals surface area contributed by atoms with Gasteiger partial charge < -0.3 is 10.1 Å². The first-order valence-corrected chi connectivity index (χ1v) is 13.2. The van der Waals surface area contributed by atoms with Gasteiger partial charge in [-0.3, -0.25) is 4.79 Å². The van der Waals surface area contributed by atoms with Crippen LogP contribution in [-0.2, 0) is 30.3 Å². The van der Waals surface area contributed by atoms with E-state index in [0.717, 1.165) is 42.5 Å². The van der Waals surface area contributed by atoms with Crippen LogP contribution in [0.1, 0.15) is 79.7 Å². The van der Waals surface area contributed by atoms with Gasteiger partial charge in [-0.1, -0.05) is 66.7 Å². The van der Waals surface area contributed by atoms with Crippen molar-refractivity contribution in [3.05, 3.63) is 77.7 Å². The van der Waals surface area contributed by atoms with E-state index in [4.69, 9.17) is 0 Å². The molecule has 3 nitrogen and oxygen atoms in total. The number of aromatic nitrogens is 1. The Labute approximate surface area is 236 Å². The van der Waals surface area contributed by atoms with Crippen LogP contribution in [0.5, 0.6) is 0 Å². The van der Waals surface area contributed by atoms with Gasteiger partial charge in [0, 0.05) is 42.7 Å². The van der Waals surface area contributed by atoms with Gasteiger partial charge in [0.25, 0.3) is 0 Å². The van der Waals surface area contributed by atoms with Gasteiger partial charge in [0.15, 0.2) is 5.78 Å². The third-order valence-corrected chi connectivity index (χ3v) is 7.97. The summed E-state index contributed by atoms with van der Waals surface area (Å²) in [7, 11) is 0. The molecule has 1 fully saturated rings. The number of hydrogen-bond donors (Lipinski definition) is 1. The molecule has 0 bridgehead atoms. The number of Topliss-reactive ketones (excluding diaryl/α,β-unsaturated/α-hetero) is 1. The summed E-state index contributed by atoms with van der Waals surface area (Å²) in [6, 6.07) is 19.9. The molecule has 1 unspecified atom stereocenters. The van der Waals surface area contributed by atoms with E-state index >= 15 is 0 Å². The minimum Gasteiger partial charge on any atom is -0.511 e. The standard InChI is InChI=1S/C19H18N.C14H22O2.Ir/c1-19(2,3)17-10-9-15-12-18(20-13-16(15)11-17)14-7-5-4-6-8-14;1-13(2)7-5-9-6-8-14(3,4)12(16)10(9)11(13)15;/h4-7,9-13H,1-3H3;9,15H,5-8H2,1-4H3;/q-1;;. The maximum absolute atomic E-state index is 12.4. The molecule has 1 radical (unpaired) electrons. The second-order valence-corrected chi connectivity index (χ2v) is 12.8. The topological polar surface area (TPSA) is 50.2 Å². The molecular weight excluding hydrogens is 635 g/mol. The van der Waals surface area contributed by atoms with E-state index in [1.807, 2.05) is 58.2 Å². The summed E-state index contributed by atoms with van der Waals surface area (Å²) < 4.78 is 0. The molecule has 0 spiro atoms. The average molecular weight is 675 g/mol. The van der Waals surface area contributed by atoms with E-state index in [-0.39, 0.29) is 42.1 Å². The van der Waals surface area contributed by atoms with Crippen LogP contribution in [0.4, 0.5) is 0 Å². The molecule has 1 heterocycles. The number of nitrogens with zero attached hydrogens (tertiary/aromatic N) is 1. The van der Waals surface area contributed by atoms with Crippen molar-refractivity contribution < 1.29 is 30.0 Å². The Morgan fingerprint density at radius 2 is 1.62 bits per heavy atom. The molecule has 199 valence electrons. The summed E-state index contributed by atoms with van der Waals surface area (Å²) in [4.78, 5) is 16.9. The van der Waals surface area contributed by atoms with Crippen molar-refractivity contribution in [1.82, 2.24) is 4.98 Å². The van der Waals surface area contributed by atoms with Crippen LogP contribution in [0.2, 0.25) is 0 Å². The van der Waals surface area contributed by atoms with E-state index in [1.54, 1.807) is 0 Å². The molecule has 0 aliphatic heterocycles. The van der Waals surface area contributed by atoms with Gasteiger partial charge in [-0.2, -0.15) is 0 Å². The molecule has 3 aromatic rings. The number of benzene rings is 2. The number of pyridine rings is 1. The van der Waals surface area contributed by atoms with Crippen LogP contribution in [0, 0.1) is 22.8 Å². The number of aliphatic hydroxyl groups is 1. The fourth-order valence-corrected chi connectivity index (χ4v) is 5.26. The average Bonchev–Trinajstić information content (AvgIpc) is 2.83. The number of ketones is 1. The molecule has 1 aromatic heterocycles. The summed E-state index contributed by atoms with van der Waals surface area (Å²) >= 11 is 0. The Morgan fingerprint density at radius 1 is 0.946 bits per heavy atom. The van der Waals surface area contributed by atoms with Crippen LogP contribution in [0.3, 0.4) is 0 Å². The maximum Gasteiger partial charge on any atom is 0.168 e. The van der Waals surface area contributed by atoms with E-state index < -0.39 is 0 Å². The van der Waals surface area contributed by atoms with Crippen molar-refractivity contribution in [2.24, 2.45) is 16.7 Å². The van der Waals surface area contributed by atoms with E-state index in [0.29, 0.717) is 11.7 Å². The molecule has 0 amide bonds. The predicted octanol–water partition coefficient (Wildman–Crippen LogP) is 8.62. The van der Waals surface area contributed by atoms with Crippen molar-refractivity contribution in [3.63, 3.8) is 0 Å². The number of allylic oxidation sites excluding steroid dienone is 2. The van der Waals surface area contributed by atoms with E-state index in [2.05, 4.69) is 56.1 Å². The smallest absolute Gasteiger partial charge is 0.168 e. The summed E-state index contributed by atoms with van der Waals surface area (Å²) in [5.41, 5.74) is 3.76. The summed E-state index contributed by atoms with van der Waals surface area (Å²) in [5.74, 6) is 0.851. The minimum atomic E-state index is -0.284. The molecular formula is C33H40IrNO2-. The number of carbonyl (C=O) groups excluding carboxylic acids is 1. The normalized spacial score (nSPS) is 20.4. The second-order valence-electron chi connectivity index (χ2n) is 12.8. The Kier molecular flexibility index (Phi) is 8.57. The number of fused-ring (bicyclic) bond motifs is 2. The van der Waals surface area contributed by atoms with Crippen molar-refractivity contribution in [1.29, 1.82) is 0 Å². The second kappa shape index (κ2) is 10.8. The Balaban J connectivity index is 0.000000205. The molecule has 1 saturated carbocycles. The van der Waals surface area contributed by atoms with Crippen LogP contribution in [0.15, 0.2) is 66.1 Å². The van der Waals surface area contributed by atoms with E-state index in [9.17, 15) is 9.90 Å². The predicted molar refractivity (Wildman–Crippen MR) is 149 cm³/mol. The van der Waals surface area contributed by atoms with Crippen LogP contribution in [-0.4, -0.2) is 15.9 Å². The Bertz CT molecular complexity index is 1300. The Hall–Kier alpha value is -2.29. The number of hydrogen-bond acceptors (Lipinski definition) is 3. The fourth-order valence-electron chi connectivity index (χ4n) is 5.26. The number of rotatable bonds is 1. The van der Waals surface area contributed by atoms with Gasteiger partial charge >= 0.3 is 0 Å². The van der Waals surface area contributed by atoms with Crippen molar-refractivity contribution in [2.45, 2.75) is 79.6 Å². The number of carbonyl (C=O) groups is 1. The summed E-state index contributed by atoms with van der Waals surface area (Å²) in [6.45, 7) is 14.7. The van der Waals surface area contributed by atoms with Crippen molar-refractivity contribution in [2.75, 3.05) is 0 Å². The molecule has 0 saturated heterocycles. The van der Waals surface area contributed by atoms with Crippen LogP contribution >= 0.6 is 0 Å². The monoisotopic (exact) mass is 675 g/mol. The van der Waals surface area contributed by atoms with Gasteiger partial charge in [-0.05, 0) is 65.1 Å². The number of aliphatic hydroxyl groups excluding tert-OH is 1. The zero-order valence-electron chi connectivity index (χ0n) is 23.2. The molecule has 2 aromatic carbocycles. The molecule has 4 heteroatoms. The zero-order chi connectivity index (χ0) is 26.3.